The summed E-state index contributed by atoms with van der Waals surface area (Å²) in [6.45, 7) is 9.74. The molecule has 2 rings (SSSR count). The molecule has 5 heteroatoms. The Labute approximate surface area is 120 Å². The first-order valence-electron chi connectivity index (χ1n) is 7.35. The Morgan fingerprint density at radius 1 is 1.35 bits per heavy atom. The molecule has 0 spiro atoms. The van der Waals surface area contributed by atoms with Crippen LogP contribution in [-0.4, -0.2) is 46.5 Å². The Kier molecular flexibility index (Phi) is 5.06. The molecule has 0 bridgehead atoms. The molecule has 110 valence electrons. The maximum Gasteiger partial charge on any atom is 0.289 e. The Bertz CT molecular complexity index is 427. The van der Waals surface area contributed by atoms with Crippen molar-refractivity contribution in [3.63, 3.8) is 0 Å². The molecule has 1 aliphatic heterocycles. The largest absolute Gasteiger partial charge is 0.346 e. The van der Waals surface area contributed by atoms with E-state index in [4.69, 9.17) is 0 Å². The number of hydrogen-bond acceptors (Lipinski definition) is 4. The summed E-state index contributed by atoms with van der Waals surface area (Å²) in [5.41, 5.74) is 0. The first kappa shape index (κ1) is 14.9. The lowest BCUT2D eigenvalue weighted by Crippen LogP contribution is -2.47. The van der Waals surface area contributed by atoms with Crippen molar-refractivity contribution in [1.82, 2.24) is 20.2 Å². The topological polar surface area (TPSA) is 58.1 Å². The van der Waals surface area contributed by atoms with E-state index in [2.05, 4.69) is 34.0 Å². The zero-order valence-electron chi connectivity index (χ0n) is 12.5. The van der Waals surface area contributed by atoms with Crippen LogP contribution in [-0.2, 0) is 0 Å². The highest BCUT2D eigenvalue weighted by molar-refractivity contribution is 5.90. The van der Waals surface area contributed by atoms with E-state index in [-0.39, 0.29) is 17.8 Å². The van der Waals surface area contributed by atoms with E-state index in [1.807, 2.05) is 6.92 Å². The van der Waals surface area contributed by atoms with Crippen molar-refractivity contribution in [3.8, 4) is 0 Å². The normalized spacial score (nSPS) is 25.1. The van der Waals surface area contributed by atoms with Crippen LogP contribution >= 0.6 is 0 Å². The summed E-state index contributed by atoms with van der Waals surface area (Å²) in [7, 11) is 0. The van der Waals surface area contributed by atoms with Gasteiger partial charge in [0.1, 0.15) is 0 Å². The zero-order valence-corrected chi connectivity index (χ0v) is 12.5. The van der Waals surface area contributed by atoms with Crippen molar-refractivity contribution < 1.29 is 4.79 Å². The molecule has 1 aromatic heterocycles. The van der Waals surface area contributed by atoms with Crippen LogP contribution in [0.3, 0.4) is 0 Å². The third-order valence-corrected chi connectivity index (χ3v) is 3.62. The number of nitrogens with zero attached hydrogens (tertiary/aromatic N) is 3. The monoisotopic (exact) mass is 276 g/mol. The van der Waals surface area contributed by atoms with Crippen LogP contribution in [0.4, 0.5) is 0 Å². The van der Waals surface area contributed by atoms with E-state index in [0.717, 1.165) is 31.5 Å². The van der Waals surface area contributed by atoms with Gasteiger partial charge in [-0.1, -0.05) is 13.8 Å². The molecule has 1 saturated heterocycles. The molecule has 0 saturated carbocycles. The molecule has 20 heavy (non-hydrogen) atoms. The fourth-order valence-electron chi connectivity index (χ4n) is 3.08. The molecule has 1 aliphatic rings. The van der Waals surface area contributed by atoms with Crippen LogP contribution in [0, 0.1) is 11.8 Å². The number of carbonyl (C=O) groups excluding carboxylic acids is 1. The van der Waals surface area contributed by atoms with Crippen molar-refractivity contribution >= 4 is 5.91 Å². The van der Waals surface area contributed by atoms with Crippen LogP contribution in [0.15, 0.2) is 18.5 Å². The average Bonchev–Trinajstić information content (AvgIpc) is 2.38. The Morgan fingerprint density at radius 3 is 2.55 bits per heavy atom. The Balaban J connectivity index is 1.83. The maximum absolute atomic E-state index is 12.0. The number of likely N-dealkylation sites (tertiary alicyclic amines) is 1. The molecule has 0 radical (unpaired) electrons. The number of piperidine rings is 1. The minimum atomic E-state index is -0.198. The third kappa shape index (κ3) is 4.27. The predicted octanol–water partition coefficient (Wildman–Crippen LogP) is 1.57. The highest BCUT2D eigenvalue weighted by atomic mass is 16.2. The minimum Gasteiger partial charge on any atom is -0.346 e. The van der Waals surface area contributed by atoms with E-state index in [1.54, 1.807) is 18.5 Å². The van der Waals surface area contributed by atoms with Gasteiger partial charge >= 0.3 is 0 Å². The lowest BCUT2D eigenvalue weighted by molar-refractivity contribution is 0.0895. The number of carbonyl (C=O) groups is 1. The van der Waals surface area contributed by atoms with E-state index >= 15 is 0 Å². The molecule has 0 aliphatic carbocycles. The second kappa shape index (κ2) is 6.79. The van der Waals surface area contributed by atoms with Gasteiger partial charge in [0.25, 0.3) is 5.91 Å². The van der Waals surface area contributed by atoms with Gasteiger partial charge in [-0.2, -0.15) is 0 Å². The van der Waals surface area contributed by atoms with Gasteiger partial charge in [0.15, 0.2) is 0 Å². The van der Waals surface area contributed by atoms with Crippen LogP contribution in [0.25, 0.3) is 0 Å². The van der Waals surface area contributed by atoms with Crippen LogP contribution < -0.4 is 5.32 Å². The second-order valence-electron chi connectivity index (χ2n) is 6.11. The van der Waals surface area contributed by atoms with Crippen molar-refractivity contribution in [1.29, 1.82) is 0 Å². The first-order valence-corrected chi connectivity index (χ1v) is 7.35. The van der Waals surface area contributed by atoms with E-state index in [0.29, 0.717) is 0 Å². The van der Waals surface area contributed by atoms with Crippen molar-refractivity contribution in [2.45, 2.75) is 33.2 Å². The minimum absolute atomic E-state index is 0.101. The molecular weight excluding hydrogens is 252 g/mol. The maximum atomic E-state index is 12.0. The summed E-state index contributed by atoms with van der Waals surface area (Å²) in [6, 6.07) is 1.81. The number of aromatic nitrogens is 2. The number of nitrogens with one attached hydrogen (secondary N) is 1. The van der Waals surface area contributed by atoms with E-state index in [9.17, 15) is 4.79 Å². The molecule has 1 aromatic rings. The quantitative estimate of drug-likeness (QED) is 0.907. The van der Waals surface area contributed by atoms with Crippen molar-refractivity contribution in [3.05, 3.63) is 24.3 Å². The first-order chi connectivity index (χ1) is 9.54. The second-order valence-corrected chi connectivity index (χ2v) is 6.11. The van der Waals surface area contributed by atoms with Gasteiger partial charge in [0.05, 0.1) is 0 Å². The zero-order chi connectivity index (χ0) is 14.5. The molecule has 5 nitrogen and oxygen atoms in total. The molecule has 2 heterocycles. The summed E-state index contributed by atoms with van der Waals surface area (Å²) in [5.74, 6) is 1.51. The van der Waals surface area contributed by atoms with Gasteiger partial charge in [0, 0.05) is 38.1 Å². The lowest BCUT2D eigenvalue weighted by atomic mass is 9.92. The number of rotatable bonds is 4. The highest BCUT2D eigenvalue weighted by Crippen LogP contribution is 2.20. The molecule has 0 unspecified atom stereocenters. The third-order valence-electron chi connectivity index (χ3n) is 3.62. The summed E-state index contributed by atoms with van der Waals surface area (Å²) in [4.78, 5) is 22.3. The fraction of sp³-hybridized carbons (Fsp3) is 0.667. The average molecular weight is 276 g/mol. The van der Waals surface area contributed by atoms with E-state index in [1.165, 1.54) is 6.42 Å². The highest BCUT2D eigenvalue weighted by Gasteiger charge is 2.23. The molecule has 0 aromatic carbocycles. The summed E-state index contributed by atoms with van der Waals surface area (Å²) >= 11 is 0. The van der Waals surface area contributed by atoms with Gasteiger partial charge in [-0.05, 0) is 31.2 Å². The Morgan fingerprint density at radius 2 is 1.95 bits per heavy atom. The van der Waals surface area contributed by atoms with Crippen molar-refractivity contribution in [2.75, 3.05) is 19.6 Å². The smallest absolute Gasteiger partial charge is 0.289 e. The van der Waals surface area contributed by atoms with Gasteiger partial charge in [0.2, 0.25) is 5.82 Å². The standard InChI is InChI=1S/C15H24N4O/c1-11-7-12(2)9-19(8-11)10-13(3)18-15(20)14-16-5-4-6-17-14/h4-6,11-13H,7-10H2,1-3H3,(H,18,20)/t11-,12+,13-/m1/s1. The molecule has 1 amide bonds. The van der Waals surface area contributed by atoms with Crippen LogP contribution in [0.5, 0.6) is 0 Å². The summed E-state index contributed by atoms with van der Waals surface area (Å²) < 4.78 is 0. The van der Waals surface area contributed by atoms with Gasteiger partial charge in [-0.3, -0.25) is 4.79 Å². The van der Waals surface area contributed by atoms with Crippen LogP contribution in [0.1, 0.15) is 37.8 Å². The lowest BCUT2D eigenvalue weighted by Gasteiger charge is -2.36. The SMILES string of the molecule is C[C@@H]1C[C@H](C)CN(C[C@@H](C)NC(=O)c2ncccn2)C1. The van der Waals surface area contributed by atoms with Crippen LogP contribution in [0.2, 0.25) is 0 Å². The summed E-state index contributed by atoms with van der Waals surface area (Å²) in [6.07, 6.45) is 4.47. The molecular formula is C15H24N4O. The number of amides is 1. The molecule has 3 atom stereocenters. The fourth-order valence-corrected chi connectivity index (χ4v) is 3.08. The van der Waals surface area contributed by atoms with E-state index < -0.39 is 0 Å². The molecule has 1 N–H and O–H groups in total. The molecule has 1 fully saturated rings. The van der Waals surface area contributed by atoms with Crippen molar-refractivity contribution in [2.24, 2.45) is 11.8 Å². The number of hydrogen-bond donors (Lipinski definition) is 1. The van der Waals surface area contributed by atoms with Gasteiger partial charge in [-0.25, -0.2) is 9.97 Å². The van der Waals surface area contributed by atoms with Gasteiger partial charge in [-0.15, -0.1) is 0 Å². The summed E-state index contributed by atoms with van der Waals surface area (Å²) in [5, 5.41) is 2.97. The van der Waals surface area contributed by atoms with Gasteiger partial charge < -0.3 is 10.2 Å². The predicted molar refractivity (Wildman–Crippen MR) is 78.3 cm³/mol. The Hall–Kier alpha value is -1.49.